The van der Waals surface area contributed by atoms with E-state index in [1.807, 2.05) is 48.6 Å². The molecule has 48 heavy (non-hydrogen) atoms. The average Bonchev–Trinajstić information content (AvgIpc) is 3.04. The van der Waals surface area contributed by atoms with Crippen molar-refractivity contribution in [3.8, 4) is 34.5 Å². The van der Waals surface area contributed by atoms with Crippen LogP contribution in [0.1, 0.15) is 49.9 Å². The molecule has 2 aliphatic rings. The minimum Gasteiger partial charge on any atom is -0.488 e. The van der Waals surface area contributed by atoms with Gasteiger partial charge in [-0.15, -0.1) is 0 Å². The van der Waals surface area contributed by atoms with Crippen LogP contribution in [0, 0.1) is 0 Å². The molecular weight excluding hydrogens is 616 g/mol. The largest absolute Gasteiger partial charge is 0.488 e. The molecule has 10 heteroatoms. The third kappa shape index (κ3) is 8.97. The average molecular weight is 649 g/mol. The van der Waals surface area contributed by atoms with E-state index in [9.17, 15) is 19.2 Å². The van der Waals surface area contributed by atoms with Crippen LogP contribution in [-0.4, -0.2) is 37.1 Å². The molecule has 244 valence electrons. The van der Waals surface area contributed by atoms with Crippen molar-refractivity contribution in [2.24, 2.45) is 0 Å². The van der Waals surface area contributed by atoms with Gasteiger partial charge in [0.1, 0.15) is 47.7 Å². The zero-order valence-corrected chi connectivity index (χ0v) is 26.7. The maximum absolute atomic E-state index is 11.1. The second-order valence-corrected chi connectivity index (χ2v) is 10.7. The predicted octanol–water partition coefficient (Wildman–Crippen LogP) is 6.94. The number of fused-ring (bicyclic) bond motifs is 2. The van der Waals surface area contributed by atoms with Gasteiger partial charge in [-0.25, -0.2) is 0 Å². The van der Waals surface area contributed by atoms with Gasteiger partial charge in [0.15, 0.2) is 0 Å². The van der Waals surface area contributed by atoms with Crippen LogP contribution < -0.4 is 28.4 Å². The molecule has 6 rings (SSSR count). The summed E-state index contributed by atoms with van der Waals surface area (Å²) in [4.78, 5) is 44.2. The maximum Gasteiger partial charge on any atom is 0.308 e. The van der Waals surface area contributed by atoms with Crippen molar-refractivity contribution in [3.63, 3.8) is 0 Å². The molecular formula is C38H32O10. The molecule has 0 N–H and O–H groups in total. The van der Waals surface area contributed by atoms with Gasteiger partial charge in [0, 0.05) is 51.0 Å². The van der Waals surface area contributed by atoms with Crippen LogP contribution in [0.15, 0.2) is 84.9 Å². The van der Waals surface area contributed by atoms with Gasteiger partial charge >= 0.3 is 23.9 Å². The van der Waals surface area contributed by atoms with Crippen molar-refractivity contribution in [3.05, 3.63) is 107 Å². The molecule has 0 atom stereocenters. The first-order valence-corrected chi connectivity index (χ1v) is 14.9. The lowest BCUT2D eigenvalue weighted by atomic mass is 10.0. The summed E-state index contributed by atoms with van der Waals surface area (Å²) in [6.07, 6.45) is 4.01. The Bertz CT molecular complexity index is 1810. The Morgan fingerprint density at radius 1 is 0.479 bits per heavy atom. The second-order valence-electron chi connectivity index (χ2n) is 10.7. The van der Waals surface area contributed by atoms with Gasteiger partial charge in [0.2, 0.25) is 0 Å². The van der Waals surface area contributed by atoms with Gasteiger partial charge in [-0.1, -0.05) is 24.3 Å². The molecule has 0 unspecified atom stereocenters. The fourth-order valence-electron chi connectivity index (χ4n) is 4.93. The van der Waals surface area contributed by atoms with Crippen molar-refractivity contribution in [2.45, 2.75) is 27.7 Å². The monoisotopic (exact) mass is 648 g/mol. The molecule has 4 aromatic carbocycles. The summed E-state index contributed by atoms with van der Waals surface area (Å²) in [5.41, 5.74) is 5.57. The van der Waals surface area contributed by atoms with E-state index in [-0.39, 0.29) is 23.9 Å². The Morgan fingerprint density at radius 2 is 0.833 bits per heavy atom. The highest BCUT2D eigenvalue weighted by molar-refractivity contribution is 5.87. The molecule has 0 aliphatic carbocycles. The Morgan fingerprint density at radius 3 is 1.19 bits per heavy atom. The number of hydrogen-bond acceptors (Lipinski definition) is 10. The number of carbonyl (C=O) groups is 4. The molecule has 0 amide bonds. The van der Waals surface area contributed by atoms with Crippen LogP contribution in [0.3, 0.4) is 0 Å². The van der Waals surface area contributed by atoms with Crippen LogP contribution in [0.25, 0.3) is 23.3 Å². The summed E-state index contributed by atoms with van der Waals surface area (Å²) in [5, 5.41) is 0. The zero-order chi connectivity index (χ0) is 34.2. The van der Waals surface area contributed by atoms with Crippen LogP contribution >= 0.6 is 0 Å². The number of hydrogen-bond donors (Lipinski definition) is 0. The Labute approximate surface area is 277 Å². The van der Waals surface area contributed by atoms with E-state index in [0.717, 1.165) is 33.4 Å². The van der Waals surface area contributed by atoms with Crippen LogP contribution in [0.5, 0.6) is 34.5 Å². The minimum atomic E-state index is -0.371. The number of carbonyl (C=O) groups excluding carboxylic acids is 4. The standard InChI is InChI=1S/2C19H16O5/c2*1-12(20)23-17-5-3-4-14(9-17)16-8-15-6-7-18(24-13(2)21)10-19(15)22-11-16/h2*3-10H,11H2,1-2H3. The first kappa shape index (κ1) is 33.2. The lowest BCUT2D eigenvalue weighted by Crippen LogP contribution is -2.08. The molecule has 0 aromatic heterocycles. The summed E-state index contributed by atoms with van der Waals surface area (Å²) < 4.78 is 31.9. The highest BCUT2D eigenvalue weighted by Gasteiger charge is 2.17. The molecule has 0 bridgehead atoms. The van der Waals surface area contributed by atoms with E-state index in [4.69, 9.17) is 28.4 Å². The van der Waals surface area contributed by atoms with Crippen molar-refractivity contribution in [2.75, 3.05) is 13.2 Å². The van der Waals surface area contributed by atoms with Gasteiger partial charge < -0.3 is 28.4 Å². The summed E-state index contributed by atoms with van der Waals surface area (Å²) >= 11 is 0. The van der Waals surface area contributed by atoms with E-state index in [0.29, 0.717) is 47.7 Å². The number of esters is 4. The Balaban J connectivity index is 0.000000188. The van der Waals surface area contributed by atoms with E-state index in [1.54, 1.807) is 48.5 Å². The summed E-state index contributed by atoms with van der Waals surface area (Å²) in [6, 6.07) is 25.1. The molecule has 4 aromatic rings. The summed E-state index contributed by atoms with van der Waals surface area (Å²) in [7, 11) is 0. The van der Waals surface area contributed by atoms with E-state index in [1.165, 1.54) is 27.7 Å². The van der Waals surface area contributed by atoms with Gasteiger partial charge in [0.05, 0.1) is 0 Å². The fourth-order valence-corrected chi connectivity index (χ4v) is 4.93. The highest BCUT2D eigenvalue weighted by atomic mass is 16.5. The lowest BCUT2D eigenvalue weighted by molar-refractivity contribution is -0.132. The first-order valence-electron chi connectivity index (χ1n) is 14.9. The van der Waals surface area contributed by atoms with E-state index in [2.05, 4.69) is 0 Å². The Kier molecular flexibility index (Phi) is 10.3. The third-order valence-electron chi connectivity index (χ3n) is 6.85. The van der Waals surface area contributed by atoms with Gasteiger partial charge in [0.25, 0.3) is 0 Å². The second kappa shape index (κ2) is 15.0. The maximum atomic E-state index is 11.1. The van der Waals surface area contributed by atoms with E-state index >= 15 is 0 Å². The number of rotatable bonds is 6. The van der Waals surface area contributed by atoms with Gasteiger partial charge in [-0.3, -0.25) is 19.2 Å². The van der Waals surface area contributed by atoms with Crippen molar-refractivity contribution < 1.29 is 47.6 Å². The molecule has 0 spiro atoms. The molecule has 2 aliphatic heterocycles. The number of benzene rings is 4. The first-order chi connectivity index (χ1) is 23.0. The smallest absolute Gasteiger partial charge is 0.308 e. The van der Waals surface area contributed by atoms with Crippen molar-refractivity contribution >= 4 is 47.2 Å². The Hall–Kier alpha value is -6.16. The predicted molar refractivity (Wildman–Crippen MR) is 178 cm³/mol. The summed E-state index contributed by atoms with van der Waals surface area (Å²) in [6.45, 7) is 6.20. The number of ether oxygens (including phenoxy) is 6. The molecule has 0 saturated heterocycles. The lowest BCUT2D eigenvalue weighted by Gasteiger charge is -2.19. The third-order valence-corrected chi connectivity index (χ3v) is 6.85. The minimum absolute atomic E-state index is 0.357. The van der Waals surface area contributed by atoms with Gasteiger partial charge in [-0.2, -0.15) is 0 Å². The quantitative estimate of drug-likeness (QED) is 0.160. The molecule has 0 saturated carbocycles. The van der Waals surface area contributed by atoms with E-state index < -0.39 is 0 Å². The molecule has 10 nitrogen and oxygen atoms in total. The molecule has 0 fully saturated rings. The zero-order valence-electron chi connectivity index (χ0n) is 26.7. The normalized spacial score (nSPS) is 12.5. The highest BCUT2D eigenvalue weighted by Crippen LogP contribution is 2.35. The molecule has 0 radical (unpaired) electrons. The van der Waals surface area contributed by atoms with Crippen LogP contribution in [0.4, 0.5) is 0 Å². The SMILES string of the molecule is CC(=O)Oc1cccc(C2=Cc3ccc(OC(C)=O)cc3OC2)c1.CC(=O)Oc1cccc(C2=Cc3ccc(OC(C)=O)cc3OC2)c1. The fraction of sp³-hybridized carbons (Fsp3) is 0.158. The molecule has 2 heterocycles. The topological polar surface area (TPSA) is 124 Å². The van der Waals surface area contributed by atoms with Crippen molar-refractivity contribution in [1.82, 2.24) is 0 Å². The van der Waals surface area contributed by atoms with Crippen LogP contribution in [-0.2, 0) is 19.2 Å². The van der Waals surface area contributed by atoms with Crippen molar-refractivity contribution in [1.29, 1.82) is 0 Å². The van der Waals surface area contributed by atoms with Crippen LogP contribution in [0.2, 0.25) is 0 Å². The summed E-state index contributed by atoms with van der Waals surface area (Å²) in [5.74, 6) is 1.77. The van der Waals surface area contributed by atoms with Gasteiger partial charge in [-0.05, 0) is 83.0 Å².